The van der Waals surface area contributed by atoms with E-state index in [9.17, 15) is 0 Å². The summed E-state index contributed by atoms with van der Waals surface area (Å²) in [6, 6.07) is 0.719. The Kier molecular flexibility index (Phi) is 5.49. The first-order valence-corrected chi connectivity index (χ1v) is 6.13. The van der Waals surface area contributed by atoms with Gasteiger partial charge in [0.05, 0.1) is 6.10 Å². The summed E-state index contributed by atoms with van der Waals surface area (Å²) < 4.78 is 0. The van der Waals surface area contributed by atoms with Crippen LogP contribution in [0.15, 0.2) is 0 Å². The van der Waals surface area contributed by atoms with E-state index in [0.717, 1.165) is 24.9 Å². The molecule has 2 nitrogen and oxygen atoms in total. The minimum atomic E-state index is -0.158. The largest absolute Gasteiger partial charge is 0.393 e. The minimum absolute atomic E-state index is 0.158. The van der Waals surface area contributed by atoms with E-state index in [1.165, 1.54) is 32.1 Å². The van der Waals surface area contributed by atoms with Gasteiger partial charge in [-0.3, -0.25) is 0 Å². The normalized spacial score (nSPS) is 30.2. The van der Waals surface area contributed by atoms with Crippen molar-refractivity contribution in [2.45, 2.75) is 64.5 Å². The highest BCUT2D eigenvalue weighted by Gasteiger charge is 2.18. The second kappa shape index (κ2) is 6.41. The topological polar surface area (TPSA) is 32.3 Å². The van der Waals surface area contributed by atoms with Gasteiger partial charge >= 0.3 is 0 Å². The first-order chi connectivity index (χ1) is 6.72. The van der Waals surface area contributed by atoms with Gasteiger partial charge in [-0.05, 0) is 51.5 Å². The highest BCUT2D eigenvalue weighted by molar-refractivity contribution is 4.76. The van der Waals surface area contributed by atoms with Crippen LogP contribution in [-0.2, 0) is 0 Å². The van der Waals surface area contributed by atoms with E-state index in [-0.39, 0.29) is 6.10 Å². The van der Waals surface area contributed by atoms with Crippen molar-refractivity contribution in [3.63, 3.8) is 0 Å². The number of rotatable bonds is 5. The van der Waals surface area contributed by atoms with Crippen molar-refractivity contribution in [2.75, 3.05) is 6.54 Å². The molecule has 1 aliphatic carbocycles. The highest BCUT2D eigenvalue weighted by Crippen LogP contribution is 2.26. The van der Waals surface area contributed by atoms with Crippen LogP contribution >= 0.6 is 0 Å². The van der Waals surface area contributed by atoms with Gasteiger partial charge in [-0.1, -0.05) is 13.3 Å². The fraction of sp³-hybridized carbons (Fsp3) is 1.00. The van der Waals surface area contributed by atoms with Gasteiger partial charge in [0.25, 0.3) is 0 Å². The Balaban J connectivity index is 2.04. The second-order valence-electron chi connectivity index (χ2n) is 4.72. The lowest BCUT2D eigenvalue weighted by Gasteiger charge is -2.28. The van der Waals surface area contributed by atoms with Crippen molar-refractivity contribution in [2.24, 2.45) is 5.92 Å². The van der Waals surface area contributed by atoms with Gasteiger partial charge in [0.15, 0.2) is 0 Å². The molecule has 0 aromatic rings. The summed E-state index contributed by atoms with van der Waals surface area (Å²) >= 11 is 0. The Hall–Kier alpha value is -0.0800. The van der Waals surface area contributed by atoms with Gasteiger partial charge in [0.1, 0.15) is 0 Å². The molecule has 0 radical (unpaired) electrons. The van der Waals surface area contributed by atoms with Crippen molar-refractivity contribution >= 4 is 0 Å². The van der Waals surface area contributed by atoms with Gasteiger partial charge < -0.3 is 10.4 Å². The van der Waals surface area contributed by atoms with Crippen molar-refractivity contribution in [3.8, 4) is 0 Å². The summed E-state index contributed by atoms with van der Waals surface area (Å²) in [5, 5.41) is 12.7. The SMILES string of the molecule is CCC1CCC(NCC[C@@H](C)O)CC1. The molecular weight excluding hydrogens is 174 g/mol. The summed E-state index contributed by atoms with van der Waals surface area (Å²) in [5.41, 5.74) is 0. The summed E-state index contributed by atoms with van der Waals surface area (Å²) in [7, 11) is 0. The standard InChI is InChI=1S/C12H25NO/c1-3-11-4-6-12(7-5-11)13-9-8-10(2)14/h10-14H,3-9H2,1-2H3/t10-,11?,12?/m1/s1. The third kappa shape index (κ3) is 4.43. The molecule has 14 heavy (non-hydrogen) atoms. The fourth-order valence-electron chi connectivity index (χ4n) is 2.27. The van der Waals surface area contributed by atoms with Gasteiger partial charge in [-0.2, -0.15) is 0 Å². The lowest BCUT2D eigenvalue weighted by molar-refractivity contribution is 0.179. The molecule has 1 atom stereocenters. The van der Waals surface area contributed by atoms with Gasteiger partial charge in [-0.15, -0.1) is 0 Å². The van der Waals surface area contributed by atoms with Gasteiger partial charge in [0.2, 0.25) is 0 Å². The number of aliphatic hydroxyl groups is 1. The van der Waals surface area contributed by atoms with E-state index in [4.69, 9.17) is 5.11 Å². The van der Waals surface area contributed by atoms with Crippen LogP contribution in [0.25, 0.3) is 0 Å². The number of aliphatic hydroxyl groups excluding tert-OH is 1. The molecule has 0 aromatic carbocycles. The third-order valence-corrected chi connectivity index (χ3v) is 3.42. The van der Waals surface area contributed by atoms with Crippen LogP contribution in [0, 0.1) is 5.92 Å². The number of hydrogen-bond donors (Lipinski definition) is 2. The third-order valence-electron chi connectivity index (χ3n) is 3.42. The van der Waals surface area contributed by atoms with Crippen LogP contribution in [-0.4, -0.2) is 23.8 Å². The molecule has 0 saturated heterocycles. The molecule has 2 N–H and O–H groups in total. The lowest BCUT2D eigenvalue weighted by Crippen LogP contribution is -2.34. The lowest BCUT2D eigenvalue weighted by atomic mass is 9.84. The van der Waals surface area contributed by atoms with E-state index in [1.54, 1.807) is 0 Å². The zero-order chi connectivity index (χ0) is 10.4. The first kappa shape index (κ1) is 12.0. The number of nitrogens with one attached hydrogen (secondary N) is 1. The predicted molar refractivity (Wildman–Crippen MR) is 60.3 cm³/mol. The van der Waals surface area contributed by atoms with E-state index in [2.05, 4.69) is 12.2 Å². The molecule has 1 saturated carbocycles. The Morgan fingerprint density at radius 3 is 2.43 bits per heavy atom. The minimum Gasteiger partial charge on any atom is -0.393 e. The molecular formula is C12H25NO. The van der Waals surface area contributed by atoms with Crippen molar-refractivity contribution in [1.29, 1.82) is 0 Å². The predicted octanol–water partition coefficient (Wildman–Crippen LogP) is 2.32. The quantitative estimate of drug-likeness (QED) is 0.712. The zero-order valence-corrected chi connectivity index (χ0v) is 9.63. The molecule has 1 rings (SSSR count). The average Bonchev–Trinajstić information content (AvgIpc) is 2.18. The maximum Gasteiger partial charge on any atom is 0.0524 e. The number of hydrogen-bond acceptors (Lipinski definition) is 2. The Labute approximate surface area is 88.1 Å². The maximum absolute atomic E-state index is 9.12. The van der Waals surface area contributed by atoms with E-state index in [1.807, 2.05) is 6.92 Å². The van der Waals surface area contributed by atoms with Crippen LogP contribution < -0.4 is 5.32 Å². The molecule has 0 aromatic heterocycles. The highest BCUT2D eigenvalue weighted by atomic mass is 16.3. The molecule has 0 unspecified atom stereocenters. The van der Waals surface area contributed by atoms with Crippen LogP contribution in [0.3, 0.4) is 0 Å². The average molecular weight is 199 g/mol. The Bertz CT molecular complexity index is 139. The molecule has 84 valence electrons. The van der Waals surface area contributed by atoms with E-state index in [0.29, 0.717) is 0 Å². The van der Waals surface area contributed by atoms with Crippen molar-refractivity contribution in [1.82, 2.24) is 5.32 Å². The van der Waals surface area contributed by atoms with Crippen LogP contribution in [0.4, 0.5) is 0 Å². The molecule has 0 bridgehead atoms. The van der Waals surface area contributed by atoms with E-state index < -0.39 is 0 Å². The summed E-state index contributed by atoms with van der Waals surface area (Å²) in [6.45, 7) is 5.13. The fourth-order valence-corrected chi connectivity index (χ4v) is 2.27. The summed E-state index contributed by atoms with van der Waals surface area (Å²) in [4.78, 5) is 0. The molecule has 1 aliphatic rings. The molecule has 0 spiro atoms. The molecule has 1 fully saturated rings. The van der Waals surface area contributed by atoms with Gasteiger partial charge in [-0.25, -0.2) is 0 Å². The summed E-state index contributed by atoms with van der Waals surface area (Å²) in [6.07, 6.45) is 7.52. The zero-order valence-electron chi connectivity index (χ0n) is 9.63. The van der Waals surface area contributed by atoms with Crippen LogP contribution in [0.1, 0.15) is 52.4 Å². The smallest absolute Gasteiger partial charge is 0.0524 e. The van der Waals surface area contributed by atoms with Crippen LogP contribution in [0.2, 0.25) is 0 Å². The second-order valence-corrected chi connectivity index (χ2v) is 4.72. The van der Waals surface area contributed by atoms with Gasteiger partial charge in [0, 0.05) is 6.04 Å². The molecule has 0 aliphatic heterocycles. The first-order valence-electron chi connectivity index (χ1n) is 6.13. The summed E-state index contributed by atoms with van der Waals surface area (Å²) in [5.74, 6) is 0.977. The monoisotopic (exact) mass is 199 g/mol. The maximum atomic E-state index is 9.12. The Morgan fingerprint density at radius 2 is 1.93 bits per heavy atom. The molecule has 0 amide bonds. The van der Waals surface area contributed by atoms with E-state index >= 15 is 0 Å². The molecule has 0 heterocycles. The van der Waals surface area contributed by atoms with Crippen LogP contribution in [0.5, 0.6) is 0 Å². The van der Waals surface area contributed by atoms with Crippen molar-refractivity contribution in [3.05, 3.63) is 0 Å². The Morgan fingerprint density at radius 1 is 1.29 bits per heavy atom. The molecule has 2 heteroatoms. The van der Waals surface area contributed by atoms with Crippen molar-refractivity contribution < 1.29 is 5.11 Å².